The van der Waals surface area contributed by atoms with Crippen molar-refractivity contribution in [2.24, 2.45) is 0 Å². The Kier molecular flexibility index (Phi) is 8.75. The van der Waals surface area contributed by atoms with Crippen molar-refractivity contribution in [2.75, 3.05) is 13.7 Å². The van der Waals surface area contributed by atoms with E-state index in [1.165, 1.54) is 0 Å². The van der Waals surface area contributed by atoms with Crippen molar-refractivity contribution in [2.45, 2.75) is 52.2 Å². The second kappa shape index (κ2) is 11.0. The van der Waals surface area contributed by atoms with E-state index in [2.05, 4.69) is 5.32 Å². The molecule has 7 heteroatoms. The van der Waals surface area contributed by atoms with Crippen LogP contribution in [0.5, 0.6) is 11.5 Å². The average molecular weight is 447 g/mol. The molecule has 0 saturated carbocycles. The molecule has 0 aliphatic heterocycles. The second-order valence-corrected chi connectivity index (χ2v) is 8.72. The van der Waals surface area contributed by atoms with Crippen molar-refractivity contribution in [3.05, 3.63) is 59.1 Å². The van der Waals surface area contributed by atoms with Crippen LogP contribution in [0.1, 0.15) is 39.7 Å². The zero-order chi connectivity index (χ0) is 23.0. The van der Waals surface area contributed by atoms with E-state index in [1.54, 1.807) is 36.3 Å². The van der Waals surface area contributed by atoms with Crippen LogP contribution in [0.3, 0.4) is 0 Å². The number of carbonyl (C=O) groups excluding carboxylic acids is 2. The van der Waals surface area contributed by atoms with E-state index < -0.39 is 11.6 Å². The van der Waals surface area contributed by atoms with E-state index in [9.17, 15) is 9.59 Å². The van der Waals surface area contributed by atoms with E-state index in [4.69, 9.17) is 21.1 Å². The average Bonchev–Trinajstić information content (AvgIpc) is 2.71. The van der Waals surface area contributed by atoms with Crippen LogP contribution >= 0.6 is 11.6 Å². The molecule has 0 fully saturated rings. The van der Waals surface area contributed by atoms with Gasteiger partial charge < -0.3 is 19.7 Å². The monoisotopic (exact) mass is 446 g/mol. The Morgan fingerprint density at radius 3 is 2.35 bits per heavy atom. The minimum Gasteiger partial charge on any atom is -0.497 e. The Morgan fingerprint density at radius 2 is 1.77 bits per heavy atom. The molecule has 0 aliphatic rings. The van der Waals surface area contributed by atoms with Gasteiger partial charge in [0.2, 0.25) is 5.91 Å². The Labute approximate surface area is 189 Å². The van der Waals surface area contributed by atoms with Gasteiger partial charge in [-0.15, -0.1) is 0 Å². The van der Waals surface area contributed by atoms with Gasteiger partial charge in [-0.05, 0) is 69.2 Å². The van der Waals surface area contributed by atoms with E-state index in [1.807, 2.05) is 52.0 Å². The van der Waals surface area contributed by atoms with Gasteiger partial charge in [-0.2, -0.15) is 0 Å². The van der Waals surface area contributed by atoms with Gasteiger partial charge in [-0.3, -0.25) is 9.59 Å². The molecule has 168 valence electrons. The van der Waals surface area contributed by atoms with E-state index in [0.29, 0.717) is 22.9 Å². The summed E-state index contributed by atoms with van der Waals surface area (Å²) in [5.74, 6) is 0.743. The lowest BCUT2D eigenvalue weighted by Gasteiger charge is -2.33. The molecular formula is C24H31ClN2O4. The molecule has 1 N–H and O–H groups in total. The summed E-state index contributed by atoms with van der Waals surface area (Å²) in [5.41, 5.74) is 0.454. The number of ether oxygens (including phenoxy) is 2. The number of nitrogens with zero attached hydrogens (tertiary/aromatic N) is 1. The van der Waals surface area contributed by atoms with Crippen molar-refractivity contribution in [3.8, 4) is 11.5 Å². The molecule has 2 aromatic carbocycles. The third kappa shape index (κ3) is 7.79. The first-order valence-corrected chi connectivity index (χ1v) is 10.6. The number of benzene rings is 2. The summed E-state index contributed by atoms with van der Waals surface area (Å²) in [6.45, 7) is 7.69. The van der Waals surface area contributed by atoms with E-state index in [-0.39, 0.29) is 25.0 Å². The summed E-state index contributed by atoms with van der Waals surface area (Å²) in [4.78, 5) is 27.7. The number of carbonyl (C=O) groups is 2. The van der Waals surface area contributed by atoms with Crippen LogP contribution in [0.2, 0.25) is 5.02 Å². The quantitative estimate of drug-likeness (QED) is 0.617. The zero-order valence-corrected chi connectivity index (χ0v) is 19.5. The zero-order valence-electron chi connectivity index (χ0n) is 18.8. The van der Waals surface area contributed by atoms with Crippen LogP contribution in [-0.2, 0) is 16.1 Å². The highest BCUT2D eigenvalue weighted by atomic mass is 35.5. The minimum absolute atomic E-state index is 0.190. The topological polar surface area (TPSA) is 67.9 Å². The van der Waals surface area contributed by atoms with Crippen molar-refractivity contribution in [1.29, 1.82) is 0 Å². The number of methoxy groups -OCH3 is 1. The van der Waals surface area contributed by atoms with Crippen LogP contribution < -0.4 is 14.8 Å². The normalized spacial score (nSPS) is 12.1. The molecule has 0 aromatic heterocycles. The Hall–Kier alpha value is -2.73. The molecule has 0 bridgehead atoms. The van der Waals surface area contributed by atoms with Gasteiger partial charge in [0.15, 0.2) is 6.61 Å². The summed E-state index contributed by atoms with van der Waals surface area (Å²) in [6, 6.07) is 13.6. The smallest absolute Gasteiger partial charge is 0.261 e. The van der Waals surface area contributed by atoms with Crippen LogP contribution in [-0.4, -0.2) is 42.0 Å². The lowest BCUT2D eigenvalue weighted by atomic mass is 10.1. The number of amides is 2. The third-order valence-corrected chi connectivity index (χ3v) is 4.80. The summed E-state index contributed by atoms with van der Waals surface area (Å²) in [5, 5.41) is 3.57. The first kappa shape index (κ1) is 24.5. The van der Waals surface area contributed by atoms with Gasteiger partial charge in [0.25, 0.3) is 5.91 Å². The number of halogens is 1. The largest absolute Gasteiger partial charge is 0.497 e. The summed E-state index contributed by atoms with van der Waals surface area (Å²) < 4.78 is 10.9. The summed E-state index contributed by atoms with van der Waals surface area (Å²) in [6.07, 6.45) is 0.471. The summed E-state index contributed by atoms with van der Waals surface area (Å²) >= 11 is 5.90. The lowest BCUT2D eigenvalue weighted by Crippen LogP contribution is -2.54. The van der Waals surface area contributed by atoms with Gasteiger partial charge >= 0.3 is 0 Å². The van der Waals surface area contributed by atoms with Gasteiger partial charge in [-0.1, -0.05) is 30.7 Å². The standard InChI is InChI=1S/C24H31ClN2O4/c1-6-21(23(29)26-24(2,3)4)27(15-17-8-7-9-20(14-17)30-5)22(28)16-31-19-12-10-18(25)11-13-19/h7-14,21H,6,15-16H2,1-5H3,(H,26,29)/t21-/m0/s1. The van der Waals surface area contributed by atoms with Crippen LogP contribution in [0, 0.1) is 0 Å². The molecule has 0 heterocycles. The molecule has 1 atom stereocenters. The molecule has 31 heavy (non-hydrogen) atoms. The fourth-order valence-electron chi connectivity index (χ4n) is 3.10. The fourth-order valence-corrected chi connectivity index (χ4v) is 3.22. The maximum absolute atomic E-state index is 13.2. The highest BCUT2D eigenvalue weighted by Gasteiger charge is 2.31. The molecule has 2 amide bonds. The van der Waals surface area contributed by atoms with Crippen molar-refractivity contribution in [1.82, 2.24) is 10.2 Å². The van der Waals surface area contributed by atoms with E-state index >= 15 is 0 Å². The Morgan fingerprint density at radius 1 is 1.10 bits per heavy atom. The van der Waals surface area contributed by atoms with Crippen LogP contribution in [0.4, 0.5) is 0 Å². The molecule has 2 aromatic rings. The highest BCUT2D eigenvalue weighted by Crippen LogP contribution is 2.19. The molecule has 6 nitrogen and oxygen atoms in total. The molecule has 0 aliphatic carbocycles. The predicted octanol–water partition coefficient (Wildman–Crippen LogP) is 4.45. The van der Waals surface area contributed by atoms with Crippen LogP contribution in [0.25, 0.3) is 0 Å². The third-order valence-electron chi connectivity index (χ3n) is 4.55. The molecule has 0 saturated heterocycles. The Bertz CT molecular complexity index is 878. The second-order valence-electron chi connectivity index (χ2n) is 8.28. The van der Waals surface area contributed by atoms with Crippen molar-refractivity contribution < 1.29 is 19.1 Å². The fraction of sp³-hybridized carbons (Fsp3) is 0.417. The van der Waals surface area contributed by atoms with Gasteiger partial charge in [-0.25, -0.2) is 0 Å². The first-order chi connectivity index (χ1) is 14.6. The molecule has 2 rings (SSSR count). The van der Waals surface area contributed by atoms with Gasteiger partial charge in [0.05, 0.1) is 7.11 Å². The van der Waals surface area contributed by atoms with Crippen molar-refractivity contribution in [3.63, 3.8) is 0 Å². The predicted molar refractivity (Wildman–Crippen MR) is 122 cm³/mol. The maximum Gasteiger partial charge on any atom is 0.261 e. The molecule has 0 radical (unpaired) electrons. The highest BCUT2D eigenvalue weighted by molar-refractivity contribution is 6.30. The molecular weight excluding hydrogens is 416 g/mol. The number of hydrogen-bond acceptors (Lipinski definition) is 4. The minimum atomic E-state index is -0.633. The SMILES string of the molecule is CC[C@@H](C(=O)NC(C)(C)C)N(Cc1cccc(OC)c1)C(=O)COc1ccc(Cl)cc1. The number of rotatable bonds is 9. The maximum atomic E-state index is 13.2. The molecule has 0 spiro atoms. The summed E-state index contributed by atoms with van der Waals surface area (Å²) in [7, 11) is 1.59. The van der Waals surface area contributed by atoms with E-state index in [0.717, 1.165) is 5.56 Å². The molecule has 0 unspecified atom stereocenters. The number of nitrogens with one attached hydrogen (secondary N) is 1. The van der Waals surface area contributed by atoms with Gasteiger partial charge in [0.1, 0.15) is 17.5 Å². The van der Waals surface area contributed by atoms with Crippen LogP contribution in [0.15, 0.2) is 48.5 Å². The lowest BCUT2D eigenvalue weighted by molar-refractivity contribution is -0.143. The number of hydrogen-bond donors (Lipinski definition) is 1. The first-order valence-electron chi connectivity index (χ1n) is 10.3. The van der Waals surface area contributed by atoms with Gasteiger partial charge in [0, 0.05) is 17.1 Å². The van der Waals surface area contributed by atoms with Crippen molar-refractivity contribution >= 4 is 23.4 Å². The Balaban J connectivity index is 2.24.